The number of rotatable bonds is 3. The lowest BCUT2D eigenvalue weighted by Crippen LogP contribution is -2.42. The first kappa shape index (κ1) is 13.7. The molecule has 0 aromatic heterocycles. The average molecular weight is 249 g/mol. The molecule has 16 heavy (non-hydrogen) atoms. The summed E-state index contributed by atoms with van der Waals surface area (Å²) in [6.45, 7) is 3.50. The summed E-state index contributed by atoms with van der Waals surface area (Å²) in [6, 6.07) is 0.0600. The molecule has 2 aliphatic rings. The minimum Gasteiger partial charge on any atom is -0.381 e. The van der Waals surface area contributed by atoms with E-state index in [4.69, 9.17) is 4.74 Å². The van der Waals surface area contributed by atoms with E-state index >= 15 is 0 Å². The second kappa shape index (κ2) is 7.09. The van der Waals surface area contributed by atoms with Crippen molar-refractivity contribution in [3.63, 3.8) is 0 Å². The number of halogens is 1. The number of nitrogens with one attached hydrogen (secondary N) is 2. The molecular formula is C11H21ClN2O2. The third kappa shape index (κ3) is 3.92. The van der Waals surface area contributed by atoms with Crippen LogP contribution in [0.3, 0.4) is 0 Å². The van der Waals surface area contributed by atoms with Gasteiger partial charge in [-0.2, -0.15) is 0 Å². The van der Waals surface area contributed by atoms with Gasteiger partial charge in [0.05, 0.1) is 6.04 Å². The number of carbonyl (C=O) groups is 1. The van der Waals surface area contributed by atoms with Gasteiger partial charge in [0.25, 0.3) is 0 Å². The number of hydrogen-bond acceptors (Lipinski definition) is 3. The summed E-state index contributed by atoms with van der Waals surface area (Å²) in [5.41, 5.74) is 0. The Morgan fingerprint density at radius 1 is 1.31 bits per heavy atom. The van der Waals surface area contributed by atoms with E-state index in [1.54, 1.807) is 0 Å². The Labute approximate surface area is 103 Å². The van der Waals surface area contributed by atoms with Crippen LogP contribution in [0.15, 0.2) is 0 Å². The molecule has 4 nitrogen and oxygen atoms in total. The number of ether oxygens (including phenoxy) is 1. The van der Waals surface area contributed by atoms with Gasteiger partial charge in [0, 0.05) is 19.8 Å². The molecule has 2 aliphatic heterocycles. The van der Waals surface area contributed by atoms with Crippen molar-refractivity contribution in [2.45, 2.75) is 31.7 Å². The Kier molecular flexibility index (Phi) is 6.09. The van der Waals surface area contributed by atoms with Crippen LogP contribution in [0.4, 0.5) is 0 Å². The van der Waals surface area contributed by atoms with Crippen LogP contribution in [-0.4, -0.2) is 38.3 Å². The standard InChI is InChI=1S/C11H20N2O2.ClH/c14-11(10-2-1-5-12-10)13-8-9-3-6-15-7-4-9;/h9-10,12H,1-8H2,(H,13,14);1H. The van der Waals surface area contributed by atoms with Crippen LogP contribution in [0.2, 0.25) is 0 Å². The second-order valence-corrected chi connectivity index (χ2v) is 4.45. The Hall–Kier alpha value is -0.320. The molecule has 0 saturated carbocycles. The lowest BCUT2D eigenvalue weighted by atomic mass is 10.0. The Balaban J connectivity index is 0.00000128. The quantitative estimate of drug-likeness (QED) is 0.773. The van der Waals surface area contributed by atoms with Gasteiger partial charge in [0.1, 0.15) is 0 Å². The van der Waals surface area contributed by atoms with E-state index in [0.29, 0.717) is 5.92 Å². The van der Waals surface area contributed by atoms with Crippen molar-refractivity contribution in [1.82, 2.24) is 10.6 Å². The van der Waals surface area contributed by atoms with Gasteiger partial charge in [-0.3, -0.25) is 4.79 Å². The first-order valence-corrected chi connectivity index (χ1v) is 5.95. The molecule has 2 heterocycles. The lowest BCUT2D eigenvalue weighted by molar-refractivity contribution is -0.123. The minimum atomic E-state index is 0. The van der Waals surface area contributed by atoms with Crippen LogP contribution in [0.1, 0.15) is 25.7 Å². The molecule has 0 bridgehead atoms. The van der Waals surface area contributed by atoms with Gasteiger partial charge >= 0.3 is 0 Å². The Morgan fingerprint density at radius 2 is 2.06 bits per heavy atom. The summed E-state index contributed by atoms with van der Waals surface area (Å²) in [6.07, 6.45) is 4.27. The molecule has 1 atom stereocenters. The highest BCUT2D eigenvalue weighted by Gasteiger charge is 2.22. The van der Waals surface area contributed by atoms with Crippen molar-refractivity contribution in [3.8, 4) is 0 Å². The molecule has 0 aromatic rings. The van der Waals surface area contributed by atoms with E-state index in [1.807, 2.05) is 0 Å². The van der Waals surface area contributed by atoms with Crippen LogP contribution in [0.25, 0.3) is 0 Å². The SMILES string of the molecule is Cl.O=C(NCC1CCOCC1)C1CCCN1. The van der Waals surface area contributed by atoms with E-state index in [-0.39, 0.29) is 24.4 Å². The van der Waals surface area contributed by atoms with Gasteiger partial charge in [-0.05, 0) is 38.1 Å². The topological polar surface area (TPSA) is 50.4 Å². The lowest BCUT2D eigenvalue weighted by Gasteiger charge is -2.22. The largest absolute Gasteiger partial charge is 0.381 e. The first-order chi connectivity index (χ1) is 7.36. The smallest absolute Gasteiger partial charge is 0.237 e. The number of hydrogen-bond donors (Lipinski definition) is 2. The predicted octanol–water partition coefficient (Wildman–Crippen LogP) is 0.703. The van der Waals surface area contributed by atoms with Crippen LogP contribution < -0.4 is 10.6 Å². The molecule has 2 fully saturated rings. The summed E-state index contributed by atoms with van der Waals surface area (Å²) in [5.74, 6) is 0.795. The molecule has 1 unspecified atom stereocenters. The molecular weight excluding hydrogens is 228 g/mol. The Morgan fingerprint density at radius 3 is 2.69 bits per heavy atom. The van der Waals surface area contributed by atoms with Crippen LogP contribution in [0, 0.1) is 5.92 Å². The normalized spacial score (nSPS) is 26.1. The highest BCUT2D eigenvalue weighted by atomic mass is 35.5. The maximum absolute atomic E-state index is 11.7. The van der Waals surface area contributed by atoms with E-state index in [9.17, 15) is 4.79 Å². The number of amides is 1. The number of carbonyl (C=O) groups excluding carboxylic acids is 1. The van der Waals surface area contributed by atoms with Gasteiger partial charge in [-0.25, -0.2) is 0 Å². The Bertz CT molecular complexity index is 214. The molecule has 2 rings (SSSR count). The van der Waals surface area contributed by atoms with Crippen molar-refractivity contribution in [3.05, 3.63) is 0 Å². The van der Waals surface area contributed by atoms with Crippen LogP contribution in [0.5, 0.6) is 0 Å². The molecule has 0 radical (unpaired) electrons. The molecule has 5 heteroatoms. The van der Waals surface area contributed by atoms with E-state index in [0.717, 1.165) is 52.0 Å². The van der Waals surface area contributed by atoms with Crippen molar-refractivity contribution < 1.29 is 9.53 Å². The van der Waals surface area contributed by atoms with Gasteiger partial charge in [-0.1, -0.05) is 0 Å². The molecule has 2 N–H and O–H groups in total. The van der Waals surface area contributed by atoms with Gasteiger partial charge < -0.3 is 15.4 Å². The average Bonchev–Trinajstić information content (AvgIpc) is 2.81. The molecule has 1 amide bonds. The summed E-state index contributed by atoms with van der Waals surface area (Å²) < 4.78 is 5.28. The van der Waals surface area contributed by atoms with Crippen molar-refractivity contribution in [2.24, 2.45) is 5.92 Å². The summed E-state index contributed by atoms with van der Waals surface area (Å²) in [4.78, 5) is 11.7. The van der Waals surface area contributed by atoms with E-state index in [2.05, 4.69) is 10.6 Å². The van der Waals surface area contributed by atoms with Gasteiger partial charge in [0.2, 0.25) is 5.91 Å². The fourth-order valence-corrected chi connectivity index (χ4v) is 2.23. The maximum Gasteiger partial charge on any atom is 0.237 e. The van der Waals surface area contributed by atoms with E-state index in [1.165, 1.54) is 0 Å². The zero-order valence-corrected chi connectivity index (χ0v) is 10.4. The summed E-state index contributed by atoms with van der Waals surface area (Å²) >= 11 is 0. The monoisotopic (exact) mass is 248 g/mol. The third-order valence-corrected chi connectivity index (χ3v) is 3.28. The summed E-state index contributed by atoms with van der Waals surface area (Å²) in [7, 11) is 0. The van der Waals surface area contributed by atoms with Crippen molar-refractivity contribution in [2.75, 3.05) is 26.3 Å². The highest BCUT2D eigenvalue weighted by molar-refractivity contribution is 5.85. The molecule has 2 saturated heterocycles. The third-order valence-electron chi connectivity index (χ3n) is 3.28. The minimum absolute atomic E-state index is 0. The zero-order chi connectivity index (χ0) is 10.5. The summed E-state index contributed by atoms with van der Waals surface area (Å²) in [5, 5.41) is 6.24. The van der Waals surface area contributed by atoms with Crippen molar-refractivity contribution in [1.29, 1.82) is 0 Å². The molecule has 0 spiro atoms. The second-order valence-electron chi connectivity index (χ2n) is 4.45. The first-order valence-electron chi connectivity index (χ1n) is 5.95. The molecule has 94 valence electrons. The van der Waals surface area contributed by atoms with E-state index < -0.39 is 0 Å². The maximum atomic E-state index is 11.7. The fourth-order valence-electron chi connectivity index (χ4n) is 2.23. The van der Waals surface area contributed by atoms with Gasteiger partial charge in [-0.15, -0.1) is 12.4 Å². The van der Waals surface area contributed by atoms with Crippen LogP contribution >= 0.6 is 12.4 Å². The van der Waals surface area contributed by atoms with Gasteiger partial charge in [0.15, 0.2) is 0 Å². The zero-order valence-electron chi connectivity index (χ0n) is 9.54. The predicted molar refractivity (Wildman–Crippen MR) is 64.8 cm³/mol. The highest BCUT2D eigenvalue weighted by Crippen LogP contribution is 2.13. The van der Waals surface area contributed by atoms with Crippen molar-refractivity contribution >= 4 is 18.3 Å². The van der Waals surface area contributed by atoms with Crippen LogP contribution in [-0.2, 0) is 9.53 Å². The molecule has 0 aromatic carbocycles. The molecule has 0 aliphatic carbocycles. The fraction of sp³-hybridized carbons (Fsp3) is 0.909.